The van der Waals surface area contributed by atoms with Crippen LogP contribution in [0.1, 0.15) is 12.5 Å². The van der Waals surface area contributed by atoms with E-state index in [0.717, 1.165) is 28.6 Å². The van der Waals surface area contributed by atoms with Gasteiger partial charge in [0.05, 0.1) is 12.0 Å². The maximum Gasteiger partial charge on any atom is 0.238 e. The number of nitrogens with one attached hydrogen (secondary N) is 1. The van der Waals surface area contributed by atoms with Crippen LogP contribution < -0.4 is 9.88 Å². The molecule has 6 nitrogen and oxygen atoms in total. The highest BCUT2D eigenvalue weighted by molar-refractivity contribution is 7.89. The number of hydrogen-bond donors (Lipinski definition) is 2. The van der Waals surface area contributed by atoms with Crippen LogP contribution in [0.3, 0.4) is 0 Å². The number of benzene rings is 1. The van der Waals surface area contributed by atoms with Crippen LogP contribution >= 0.6 is 0 Å². The fourth-order valence-corrected chi connectivity index (χ4v) is 3.13. The average Bonchev–Trinajstić information content (AvgIpc) is 2.95. The zero-order chi connectivity index (χ0) is 16.6. The van der Waals surface area contributed by atoms with Crippen molar-refractivity contribution in [2.24, 2.45) is 5.14 Å². The van der Waals surface area contributed by atoms with E-state index in [9.17, 15) is 8.42 Å². The monoisotopic (exact) mass is 331 g/mol. The van der Waals surface area contributed by atoms with E-state index in [1.807, 2.05) is 12.3 Å². The summed E-state index contributed by atoms with van der Waals surface area (Å²) in [5.74, 6) is 0.562. The normalized spacial score (nSPS) is 11.8. The number of aromatic amines is 1. The third kappa shape index (κ3) is 2.80. The molecule has 0 aliphatic carbocycles. The quantitative estimate of drug-likeness (QED) is 0.767. The van der Waals surface area contributed by atoms with Crippen LogP contribution in [0.15, 0.2) is 41.6 Å². The van der Waals surface area contributed by atoms with Crippen molar-refractivity contribution in [3.8, 4) is 16.9 Å². The van der Waals surface area contributed by atoms with E-state index >= 15 is 0 Å². The van der Waals surface area contributed by atoms with Gasteiger partial charge in [0.25, 0.3) is 0 Å². The van der Waals surface area contributed by atoms with Gasteiger partial charge in [-0.05, 0) is 36.2 Å². The molecule has 0 unspecified atom stereocenters. The Bertz CT molecular complexity index is 977. The molecule has 7 heteroatoms. The minimum absolute atomic E-state index is 0.0400. The number of pyridine rings is 1. The van der Waals surface area contributed by atoms with Crippen molar-refractivity contribution in [1.29, 1.82) is 0 Å². The summed E-state index contributed by atoms with van der Waals surface area (Å²) < 4.78 is 28.6. The molecular formula is C16H17N3O3S. The van der Waals surface area contributed by atoms with Gasteiger partial charge in [0.15, 0.2) is 0 Å². The number of fused-ring (bicyclic) bond motifs is 1. The van der Waals surface area contributed by atoms with Crippen molar-refractivity contribution in [3.63, 3.8) is 0 Å². The summed E-state index contributed by atoms with van der Waals surface area (Å²) in [6.45, 7) is 2.07. The molecule has 0 fully saturated rings. The van der Waals surface area contributed by atoms with Gasteiger partial charge in [-0.1, -0.05) is 6.92 Å². The summed E-state index contributed by atoms with van der Waals surface area (Å²) in [5, 5.41) is 6.23. The van der Waals surface area contributed by atoms with Gasteiger partial charge in [0.1, 0.15) is 11.4 Å². The molecule has 0 radical (unpaired) electrons. The van der Waals surface area contributed by atoms with E-state index in [1.54, 1.807) is 12.3 Å². The van der Waals surface area contributed by atoms with Gasteiger partial charge in [-0.3, -0.25) is 0 Å². The van der Waals surface area contributed by atoms with Crippen LogP contribution in [-0.2, 0) is 16.4 Å². The molecule has 3 aromatic rings. The van der Waals surface area contributed by atoms with Crippen LogP contribution in [0.2, 0.25) is 0 Å². The third-order valence-electron chi connectivity index (χ3n) is 3.81. The number of rotatable bonds is 4. The molecule has 0 aliphatic rings. The molecule has 2 aromatic heterocycles. The Labute approximate surface area is 134 Å². The summed E-state index contributed by atoms with van der Waals surface area (Å²) in [5.41, 5.74) is 3.36. The molecule has 2 heterocycles. The molecule has 0 amide bonds. The molecule has 120 valence electrons. The molecule has 3 N–H and O–H groups in total. The van der Waals surface area contributed by atoms with E-state index < -0.39 is 10.0 Å². The van der Waals surface area contributed by atoms with Crippen molar-refractivity contribution < 1.29 is 13.2 Å². The van der Waals surface area contributed by atoms with Gasteiger partial charge in [-0.15, -0.1) is 0 Å². The minimum Gasteiger partial charge on any atom is -0.496 e. The number of ether oxygens (including phenoxy) is 1. The topological polar surface area (TPSA) is 98.1 Å². The molecule has 0 saturated carbocycles. The van der Waals surface area contributed by atoms with Crippen LogP contribution in [0.5, 0.6) is 5.75 Å². The van der Waals surface area contributed by atoms with Gasteiger partial charge >= 0.3 is 0 Å². The van der Waals surface area contributed by atoms with E-state index in [4.69, 9.17) is 9.88 Å². The van der Waals surface area contributed by atoms with Crippen LogP contribution in [0, 0.1) is 0 Å². The predicted octanol–water partition coefficient (Wildman–Crippen LogP) is 2.45. The lowest BCUT2D eigenvalue weighted by atomic mass is 10.0. The Morgan fingerprint density at radius 2 is 2.09 bits per heavy atom. The van der Waals surface area contributed by atoms with Gasteiger partial charge < -0.3 is 9.72 Å². The molecule has 3 rings (SSSR count). The zero-order valence-electron chi connectivity index (χ0n) is 12.8. The maximum atomic E-state index is 11.6. The molecular weight excluding hydrogens is 314 g/mol. The molecule has 0 spiro atoms. The number of nitrogens with two attached hydrogens (primary N) is 1. The highest BCUT2D eigenvalue weighted by Crippen LogP contribution is 2.33. The summed E-state index contributed by atoms with van der Waals surface area (Å²) in [6.07, 6.45) is 4.49. The number of hydrogen-bond acceptors (Lipinski definition) is 4. The fourth-order valence-electron chi connectivity index (χ4n) is 2.59. The molecule has 1 aromatic carbocycles. The Balaban J connectivity index is 2.24. The average molecular weight is 331 g/mol. The third-order valence-corrected chi connectivity index (χ3v) is 4.72. The van der Waals surface area contributed by atoms with E-state index in [1.165, 1.54) is 19.2 Å². The van der Waals surface area contributed by atoms with E-state index in [2.05, 4.69) is 16.9 Å². The smallest absolute Gasteiger partial charge is 0.238 e. The first-order chi connectivity index (χ1) is 10.9. The second-order valence-electron chi connectivity index (χ2n) is 5.19. The number of H-pyrrole nitrogens is 1. The van der Waals surface area contributed by atoms with Crippen LogP contribution in [-0.4, -0.2) is 25.5 Å². The highest BCUT2D eigenvalue weighted by atomic mass is 32.2. The summed E-state index contributed by atoms with van der Waals surface area (Å²) in [7, 11) is -2.25. The van der Waals surface area contributed by atoms with Crippen molar-refractivity contribution >= 4 is 21.1 Å². The Morgan fingerprint density at radius 1 is 1.30 bits per heavy atom. The van der Waals surface area contributed by atoms with Gasteiger partial charge in [-0.25, -0.2) is 18.5 Å². The minimum atomic E-state index is -3.78. The second kappa shape index (κ2) is 5.68. The van der Waals surface area contributed by atoms with Crippen LogP contribution in [0.25, 0.3) is 22.2 Å². The number of aryl methyl sites for hydroxylation is 1. The van der Waals surface area contributed by atoms with Gasteiger partial charge in [0, 0.05) is 28.9 Å². The highest BCUT2D eigenvalue weighted by Gasteiger charge is 2.15. The van der Waals surface area contributed by atoms with E-state index in [-0.39, 0.29) is 4.90 Å². The lowest BCUT2D eigenvalue weighted by Gasteiger charge is -2.10. The summed E-state index contributed by atoms with van der Waals surface area (Å²) in [6, 6.07) is 6.51. The number of primary sulfonamides is 1. The van der Waals surface area contributed by atoms with Crippen molar-refractivity contribution in [2.75, 3.05) is 7.11 Å². The predicted molar refractivity (Wildman–Crippen MR) is 88.8 cm³/mol. The first-order valence-electron chi connectivity index (χ1n) is 7.11. The standard InChI is InChI=1S/C16H17N3O3S/c1-3-10-8-18-16-14(10)6-11(9-19-16)13-7-12(23(17,20)21)4-5-15(13)22-2/h4-9H,3H2,1-2H3,(H,18,19)(H2,17,20,21). The number of sulfonamides is 1. The van der Waals surface area contributed by atoms with Gasteiger partial charge in [0.2, 0.25) is 10.0 Å². The Hall–Kier alpha value is -2.38. The summed E-state index contributed by atoms with van der Waals surface area (Å²) in [4.78, 5) is 7.57. The molecule has 0 aliphatic heterocycles. The molecule has 23 heavy (non-hydrogen) atoms. The first kappa shape index (κ1) is 15.5. The van der Waals surface area contributed by atoms with Gasteiger partial charge in [-0.2, -0.15) is 0 Å². The SMILES string of the molecule is CCc1c[nH]c2ncc(-c3cc(S(N)(=O)=O)ccc3OC)cc12. The van der Waals surface area contributed by atoms with Crippen molar-refractivity contribution in [2.45, 2.75) is 18.2 Å². The zero-order valence-corrected chi connectivity index (χ0v) is 13.6. The van der Waals surface area contributed by atoms with Crippen LogP contribution in [0.4, 0.5) is 0 Å². The van der Waals surface area contributed by atoms with Crippen molar-refractivity contribution in [1.82, 2.24) is 9.97 Å². The lowest BCUT2D eigenvalue weighted by Crippen LogP contribution is -2.12. The molecule has 0 atom stereocenters. The Morgan fingerprint density at radius 3 is 2.74 bits per heavy atom. The van der Waals surface area contributed by atoms with Crippen molar-refractivity contribution in [3.05, 3.63) is 42.2 Å². The number of aromatic nitrogens is 2. The maximum absolute atomic E-state index is 11.6. The largest absolute Gasteiger partial charge is 0.496 e. The molecule has 0 bridgehead atoms. The lowest BCUT2D eigenvalue weighted by molar-refractivity contribution is 0.416. The number of methoxy groups -OCH3 is 1. The fraction of sp³-hybridized carbons (Fsp3) is 0.188. The molecule has 0 saturated heterocycles. The summed E-state index contributed by atoms with van der Waals surface area (Å²) >= 11 is 0. The van der Waals surface area contributed by atoms with E-state index in [0.29, 0.717) is 11.3 Å². The Kier molecular flexibility index (Phi) is 3.83. The number of nitrogens with zero attached hydrogens (tertiary/aromatic N) is 1. The first-order valence-corrected chi connectivity index (χ1v) is 8.66. The second-order valence-corrected chi connectivity index (χ2v) is 6.76.